The molecule has 0 radical (unpaired) electrons. The van der Waals surface area contributed by atoms with Crippen LogP contribution < -0.4 is 0 Å². The van der Waals surface area contributed by atoms with Crippen molar-refractivity contribution in [2.24, 2.45) is 0 Å². The Morgan fingerprint density at radius 1 is 1.88 bits per heavy atom. The van der Waals surface area contributed by atoms with Crippen molar-refractivity contribution in [2.75, 3.05) is 0 Å². The monoisotopic (exact) mass is 220 g/mol. The molecular weight excluding hydrogens is 209 g/mol. The van der Waals surface area contributed by atoms with Gasteiger partial charge in [0, 0.05) is 0 Å². The molecule has 0 amide bonds. The highest BCUT2D eigenvalue weighted by Gasteiger charge is 2.07. The van der Waals surface area contributed by atoms with E-state index in [0.29, 0.717) is 4.46 Å². The molecule has 0 aromatic rings. The van der Waals surface area contributed by atoms with E-state index in [1.54, 1.807) is 0 Å². The first-order valence-corrected chi connectivity index (χ1v) is 4.22. The highest BCUT2D eigenvalue weighted by molar-refractivity contribution is 14.1. The van der Waals surface area contributed by atoms with E-state index in [2.05, 4.69) is 42.8 Å². The molecule has 0 aromatic heterocycles. The molecule has 0 saturated carbocycles. The summed E-state index contributed by atoms with van der Waals surface area (Å²) in [5.41, 5.74) is 1.30. The Labute approximate surface area is 66.3 Å². The van der Waals surface area contributed by atoms with Crippen molar-refractivity contribution in [1.82, 2.24) is 0 Å². The zero-order valence-corrected chi connectivity index (χ0v) is 7.73. The highest BCUT2D eigenvalue weighted by Crippen LogP contribution is 2.03. The Morgan fingerprint density at radius 2 is 2.38 bits per heavy atom. The lowest BCUT2D eigenvalue weighted by Crippen LogP contribution is -2.13. The third kappa shape index (κ3) is 3.58. The summed E-state index contributed by atoms with van der Waals surface area (Å²) in [4.78, 5) is 0. The van der Waals surface area contributed by atoms with Crippen LogP contribution in [0.3, 0.4) is 0 Å². The maximum Gasteiger partial charge on any atom is 0.207 e. The van der Waals surface area contributed by atoms with Gasteiger partial charge in [-0.05, 0) is 0 Å². The van der Waals surface area contributed by atoms with Gasteiger partial charge < -0.3 is 0 Å². The Hall–Kier alpha value is 0.600. The summed E-state index contributed by atoms with van der Waals surface area (Å²) < 4.78 is 0.692. The highest BCUT2D eigenvalue weighted by atomic mass is 127. The maximum absolute atomic E-state index is 3.87. The number of hydrogen-bond acceptors (Lipinski definition) is 0. The molecule has 0 aromatic carbocycles. The van der Waals surface area contributed by atoms with Crippen LogP contribution in [0.5, 0.6) is 0 Å². The molecule has 0 saturated heterocycles. The summed E-state index contributed by atoms with van der Waals surface area (Å²) in [7, 11) is 1.27. The first-order chi connectivity index (χ1) is 3.68. The molecule has 0 fully saturated rings. The predicted molar refractivity (Wildman–Crippen MR) is 52.2 cm³/mol. The van der Waals surface area contributed by atoms with Gasteiger partial charge in [0.15, 0.2) is 0 Å². The lowest BCUT2D eigenvalue weighted by molar-refractivity contribution is 1.47. The van der Waals surface area contributed by atoms with Gasteiger partial charge in [-0.3, -0.25) is 0 Å². The van der Waals surface area contributed by atoms with Gasteiger partial charge in [-0.1, -0.05) is 20.2 Å². The minimum absolute atomic E-state index is 0.692. The van der Waals surface area contributed by atoms with Gasteiger partial charge in [-0.2, -0.15) is 22.4 Å². The van der Waals surface area contributed by atoms with Crippen LogP contribution in [-0.4, -0.2) is 11.6 Å². The van der Waals surface area contributed by atoms with E-state index in [1.807, 2.05) is 0 Å². The number of hydrogen-bond donors (Lipinski definition) is 0. The van der Waals surface area contributed by atoms with Crippen molar-refractivity contribution in [3.05, 3.63) is 12.1 Å². The van der Waals surface area contributed by atoms with E-state index >= 15 is 0 Å². The second kappa shape index (κ2) is 4.48. The van der Waals surface area contributed by atoms with Crippen LogP contribution in [0.1, 0.15) is 13.8 Å². The Morgan fingerprint density at radius 3 is 2.50 bits per heavy atom. The van der Waals surface area contributed by atoms with Crippen LogP contribution in [0, 0.1) is 0 Å². The molecule has 0 aliphatic carbocycles. The second-order valence-corrected chi connectivity index (χ2v) is 3.61. The lowest BCUT2D eigenvalue weighted by atomic mass is 9.35. The molecule has 0 spiro atoms. The Balaban J connectivity index is 3.32. The summed E-state index contributed by atoms with van der Waals surface area (Å²) in [6.45, 7) is 8.16. The molecule has 0 bridgehead atoms. The Kier molecular flexibility index (Phi) is 4.81. The fraction of sp³-hybridized carbons (Fsp3) is 0.600. The molecule has 0 heterocycles. The summed E-state index contributed by atoms with van der Waals surface area (Å²) in [6, 6.07) is 0. The van der Waals surface area contributed by atoms with Crippen LogP contribution in [0.25, 0.3) is 0 Å². The smallest absolute Gasteiger partial charge is 0.154 e. The zero-order chi connectivity index (χ0) is 6.57. The van der Waals surface area contributed by atoms with Crippen molar-refractivity contribution in [3.8, 4) is 0 Å². The molecule has 0 nitrogen and oxygen atoms in total. The van der Waals surface area contributed by atoms with Gasteiger partial charge in [0.2, 0.25) is 4.46 Å². The SMILES string of the molecule is C=C(C)B(I)BCC. The summed E-state index contributed by atoms with van der Waals surface area (Å²) in [6.07, 6.45) is 1.26. The standard InChI is InChI=1S/C5H11B2I/c1-4-6-7(8)5(2)3/h6H,2,4H2,1,3H3. The fourth-order valence-corrected chi connectivity index (χ4v) is 1.12. The lowest BCUT2D eigenvalue weighted by Gasteiger charge is -1.98. The summed E-state index contributed by atoms with van der Waals surface area (Å²) in [5.74, 6) is 0. The third-order valence-electron chi connectivity index (χ3n) is 1.08. The van der Waals surface area contributed by atoms with Gasteiger partial charge in [0.1, 0.15) is 7.17 Å². The van der Waals surface area contributed by atoms with E-state index in [0.717, 1.165) is 0 Å². The van der Waals surface area contributed by atoms with E-state index in [1.165, 1.54) is 19.0 Å². The zero-order valence-electron chi connectivity index (χ0n) is 5.58. The molecular formula is C5H11B2I. The van der Waals surface area contributed by atoms with Crippen LogP contribution in [0.2, 0.25) is 6.32 Å². The molecule has 0 unspecified atom stereocenters. The summed E-state index contributed by atoms with van der Waals surface area (Å²) in [5, 5.41) is 0. The number of rotatable bonds is 3. The van der Waals surface area contributed by atoms with Crippen molar-refractivity contribution >= 4 is 34.0 Å². The van der Waals surface area contributed by atoms with Crippen LogP contribution >= 0.6 is 22.4 Å². The van der Waals surface area contributed by atoms with Gasteiger partial charge in [-0.15, -0.1) is 12.1 Å². The van der Waals surface area contributed by atoms with Crippen molar-refractivity contribution in [2.45, 2.75) is 20.2 Å². The van der Waals surface area contributed by atoms with Crippen LogP contribution in [0.4, 0.5) is 0 Å². The molecule has 0 aliphatic heterocycles. The average molecular weight is 220 g/mol. The van der Waals surface area contributed by atoms with Gasteiger partial charge in [0.05, 0.1) is 0 Å². The topological polar surface area (TPSA) is 0 Å². The maximum atomic E-state index is 3.87. The van der Waals surface area contributed by atoms with E-state index in [4.69, 9.17) is 0 Å². The normalized spacial score (nSPS) is 8.38. The van der Waals surface area contributed by atoms with Gasteiger partial charge in [-0.25, -0.2) is 0 Å². The molecule has 0 aliphatic rings. The Bertz CT molecular complexity index is 82.5. The minimum atomic E-state index is 0.692. The molecule has 8 heavy (non-hydrogen) atoms. The van der Waals surface area contributed by atoms with E-state index in [-0.39, 0.29) is 0 Å². The van der Waals surface area contributed by atoms with Crippen molar-refractivity contribution in [3.63, 3.8) is 0 Å². The van der Waals surface area contributed by atoms with Crippen LogP contribution in [-0.2, 0) is 0 Å². The quantitative estimate of drug-likeness (QED) is 0.503. The van der Waals surface area contributed by atoms with Crippen molar-refractivity contribution in [1.29, 1.82) is 0 Å². The molecule has 0 rings (SSSR count). The molecule has 3 heteroatoms. The summed E-state index contributed by atoms with van der Waals surface area (Å²) >= 11 is 2.43. The first kappa shape index (κ1) is 8.60. The number of halogens is 1. The molecule has 0 atom stereocenters. The average Bonchev–Trinajstić information content (AvgIpc) is 1.67. The fourth-order valence-electron chi connectivity index (χ4n) is 0.500. The minimum Gasteiger partial charge on any atom is -0.154 e. The van der Waals surface area contributed by atoms with Gasteiger partial charge in [0.25, 0.3) is 0 Å². The van der Waals surface area contributed by atoms with E-state index < -0.39 is 0 Å². The van der Waals surface area contributed by atoms with Crippen molar-refractivity contribution < 1.29 is 0 Å². The van der Waals surface area contributed by atoms with E-state index in [9.17, 15) is 0 Å². The number of allylic oxidation sites excluding steroid dienone is 1. The van der Waals surface area contributed by atoms with Crippen LogP contribution in [0.15, 0.2) is 12.1 Å². The largest absolute Gasteiger partial charge is 0.207 e. The van der Waals surface area contributed by atoms with Gasteiger partial charge >= 0.3 is 0 Å². The molecule has 44 valence electrons. The first-order valence-electron chi connectivity index (χ1n) is 2.98. The molecule has 0 N–H and O–H groups in total. The predicted octanol–water partition coefficient (Wildman–Crippen LogP) is 1.90. The second-order valence-electron chi connectivity index (χ2n) is 2.10. The third-order valence-corrected chi connectivity index (χ3v) is 2.76.